The SMILES string of the molecule is CNC(=O)[C@@H]1C[C@H](n2cc(CNS(=O)(=O)c3ccc(C)cc3)nn2)CN1.Cl. The van der Waals surface area contributed by atoms with E-state index in [4.69, 9.17) is 0 Å². The van der Waals surface area contributed by atoms with E-state index in [1.54, 1.807) is 42.2 Å². The number of likely N-dealkylation sites (N-methyl/N-ethyl adjacent to an activating group) is 1. The number of amides is 1. The van der Waals surface area contributed by atoms with Gasteiger partial charge in [0.1, 0.15) is 0 Å². The van der Waals surface area contributed by atoms with E-state index < -0.39 is 10.0 Å². The predicted octanol–water partition coefficient (Wildman–Crippen LogP) is 0.136. The highest BCUT2D eigenvalue weighted by molar-refractivity contribution is 7.89. The molecule has 3 rings (SSSR count). The maximum atomic E-state index is 12.3. The Kier molecular flexibility index (Phi) is 6.93. The Bertz CT molecular complexity index is 884. The summed E-state index contributed by atoms with van der Waals surface area (Å²) in [6.07, 6.45) is 2.31. The first-order valence-corrected chi connectivity index (χ1v) is 9.79. The molecule has 11 heteroatoms. The minimum Gasteiger partial charge on any atom is -0.358 e. The van der Waals surface area contributed by atoms with Crippen molar-refractivity contribution in [2.24, 2.45) is 0 Å². The fourth-order valence-corrected chi connectivity index (χ4v) is 3.83. The lowest BCUT2D eigenvalue weighted by atomic mass is 10.1. The molecule has 1 aliphatic rings. The Labute approximate surface area is 164 Å². The Balaban J connectivity index is 0.00000261. The van der Waals surface area contributed by atoms with E-state index in [0.29, 0.717) is 18.7 Å². The fourth-order valence-electron chi connectivity index (χ4n) is 2.84. The van der Waals surface area contributed by atoms with Crippen molar-refractivity contribution in [3.05, 3.63) is 41.7 Å². The number of halogens is 1. The molecule has 148 valence electrons. The molecular weight excluding hydrogens is 392 g/mol. The van der Waals surface area contributed by atoms with Gasteiger partial charge in [-0.3, -0.25) is 4.79 Å². The Morgan fingerprint density at radius 1 is 1.33 bits per heavy atom. The molecule has 2 atom stereocenters. The number of carbonyl (C=O) groups is 1. The lowest BCUT2D eigenvalue weighted by Gasteiger charge is -2.09. The van der Waals surface area contributed by atoms with Gasteiger partial charge in [0.2, 0.25) is 15.9 Å². The third-order valence-corrected chi connectivity index (χ3v) is 5.79. The predicted molar refractivity (Wildman–Crippen MR) is 102 cm³/mol. The molecule has 1 aliphatic heterocycles. The van der Waals surface area contributed by atoms with E-state index in [2.05, 4.69) is 25.7 Å². The summed E-state index contributed by atoms with van der Waals surface area (Å²) in [5.74, 6) is -0.0568. The zero-order valence-corrected chi connectivity index (χ0v) is 16.7. The molecule has 9 nitrogen and oxygen atoms in total. The summed E-state index contributed by atoms with van der Waals surface area (Å²) in [4.78, 5) is 11.9. The van der Waals surface area contributed by atoms with Crippen LogP contribution in [0.2, 0.25) is 0 Å². The highest BCUT2D eigenvalue weighted by atomic mass is 35.5. The average Bonchev–Trinajstić information content (AvgIpc) is 3.29. The van der Waals surface area contributed by atoms with E-state index in [1.807, 2.05) is 6.92 Å². The van der Waals surface area contributed by atoms with Crippen molar-refractivity contribution in [2.45, 2.75) is 36.9 Å². The van der Waals surface area contributed by atoms with Gasteiger partial charge >= 0.3 is 0 Å². The van der Waals surface area contributed by atoms with Crippen LogP contribution in [0, 0.1) is 6.92 Å². The van der Waals surface area contributed by atoms with Crippen molar-refractivity contribution < 1.29 is 13.2 Å². The number of hydrogen-bond donors (Lipinski definition) is 3. The number of carbonyl (C=O) groups excluding carboxylic acids is 1. The van der Waals surface area contributed by atoms with E-state index in [0.717, 1.165) is 5.56 Å². The van der Waals surface area contributed by atoms with Crippen molar-refractivity contribution in [1.29, 1.82) is 0 Å². The number of aromatic nitrogens is 3. The van der Waals surface area contributed by atoms with Gasteiger partial charge in [0.05, 0.1) is 35.4 Å². The summed E-state index contributed by atoms with van der Waals surface area (Å²) in [5.41, 5.74) is 1.51. The molecule has 1 saturated heterocycles. The normalized spacial score (nSPS) is 19.5. The Morgan fingerprint density at radius 3 is 2.70 bits per heavy atom. The molecule has 1 aromatic carbocycles. The molecule has 0 spiro atoms. The van der Waals surface area contributed by atoms with Gasteiger partial charge in [-0.05, 0) is 25.5 Å². The smallest absolute Gasteiger partial charge is 0.240 e. The van der Waals surface area contributed by atoms with Gasteiger partial charge in [-0.2, -0.15) is 0 Å². The lowest BCUT2D eigenvalue weighted by Crippen LogP contribution is -2.38. The second-order valence-corrected chi connectivity index (χ2v) is 8.06. The Morgan fingerprint density at radius 2 is 2.04 bits per heavy atom. The van der Waals surface area contributed by atoms with Crippen LogP contribution >= 0.6 is 12.4 Å². The topological polar surface area (TPSA) is 118 Å². The third kappa shape index (κ3) is 5.04. The summed E-state index contributed by atoms with van der Waals surface area (Å²) in [7, 11) is -2.00. The number of hydrogen-bond acceptors (Lipinski definition) is 6. The molecule has 0 radical (unpaired) electrons. The van der Waals surface area contributed by atoms with Crippen LogP contribution in [-0.2, 0) is 21.4 Å². The molecule has 2 heterocycles. The summed E-state index contributed by atoms with van der Waals surface area (Å²) in [5, 5.41) is 13.8. The second-order valence-electron chi connectivity index (χ2n) is 6.29. The molecule has 0 unspecified atom stereocenters. The van der Waals surface area contributed by atoms with Crippen LogP contribution in [0.1, 0.15) is 23.7 Å². The van der Waals surface area contributed by atoms with E-state index in [1.165, 1.54) is 0 Å². The number of rotatable bonds is 6. The average molecular weight is 415 g/mol. The summed E-state index contributed by atoms with van der Waals surface area (Å²) in [6, 6.07) is 6.39. The zero-order chi connectivity index (χ0) is 18.7. The largest absolute Gasteiger partial charge is 0.358 e. The van der Waals surface area contributed by atoms with Crippen LogP contribution in [0.5, 0.6) is 0 Å². The molecule has 3 N–H and O–H groups in total. The van der Waals surface area contributed by atoms with Gasteiger partial charge in [-0.25, -0.2) is 17.8 Å². The van der Waals surface area contributed by atoms with Crippen molar-refractivity contribution in [2.75, 3.05) is 13.6 Å². The monoisotopic (exact) mass is 414 g/mol. The first-order chi connectivity index (χ1) is 12.4. The molecular formula is C16H23ClN6O3S. The van der Waals surface area contributed by atoms with Crippen LogP contribution < -0.4 is 15.4 Å². The molecule has 1 fully saturated rings. The first-order valence-electron chi connectivity index (χ1n) is 8.31. The first kappa shape index (κ1) is 21.3. The molecule has 1 amide bonds. The summed E-state index contributed by atoms with van der Waals surface area (Å²) >= 11 is 0. The molecule has 0 aliphatic carbocycles. The number of nitrogens with zero attached hydrogens (tertiary/aromatic N) is 3. The Hall–Kier alpha value is -2.01. The maximum absolute atomic E-state index is 12.3. The summed E-state index contributed by atoms with van der Waals surface area (Å²) < 4.78 is 28.8. The molecule has 0 bridgehead atoms. The van der Waals surface area contributed by atoms with E-state index in [-0.39, 0.29) is 41.8 Å². The fraction of sp³-hybridized carbons (Fsp3) is 0.438. The quantitative estimate of drug-likeness (QED) is 0.618. The molecule has 0 saturated carbocycles. The zero-order valence-electron chi connectivity index (χ0n) is 15.0. The van der Waals surface area contributed by atoms with Gasteiger partial charge in [0.25, 0.3) is 0 Å². The number of aryl methyl sites for hydroxylation is 1. The van der Waals surface area contributed by atoms with Crippen LogP contribution in [0.3, 0.4) is 0 Å². The van der Waals surface area contributed by atoms with Gasteiger partial charge in [0.15, 0.2) is 0 Å². The van der Waals surface area contributed by atoms with Crippen molar-refractivity contribution in [3.63, 3.8) is 0 Å². The highest BCUT2D eigenvalue weighted by Gasteiger charge is 2.30. The lowest BCUT2D eigenvalue weighted by molar-refractivity contribution is -0.122. The van der Waals surface area contributed by atoms with Gasteiger partial charge in [0, 0.05) is 13.6 Å². The van der Waals surface area contributed by atoms with Crippen LogP contribution in [0.25, 0.3) is 0 Å². The minimum absolute atomic E-state index is 0. The minimum atomic E-state index is -3.60. The third-order valence-electron chi connectivity index (χ3n) is 4.38. The number of sulfonamides is 1. The second kappa shape index (κ2) is 8.79. The van der Waals surface area contributed by atoms with Crippen LogP contribution in [0.15, 0.2) is 35.4 Å². The van der Waals surface area contributed by atoms with E-state index >= 15 is 0 Å². The van der Waals surface area contributed by atoms with Gasteiger partial charge in [-0.1, -0.05) is 22.9 Å². The maximum Gasteiger partial charge on any atom is 0.240 e. The molecule has 1 aromatic heterocycles. The summed E-state index contributed by atoms with van der Waals surface area (Å²) in [6.45, 7) is 2.56. The highest BCUT2D eigenvalue weighted by Crippen LogP contribution is 2.19. The number of nitrogens with one attached hydrogen (secondary N) is 3. The standard InChI is InChI=1S/C16H22N6O3S.ClH/c1-11-3-5-14(6-4-11)26(24,25)19-8-12-10-22(21-20-12)13-7-15(18-9-13)16(23)17-2;/h3-6,10,13,15,18-19H,7-9H2,1-2H3,(H,17,23);1H/t13-,15-;/m0./s1. The van der Waals surface area contributed by atoms with Gasteiger partial charge in [-0.15, -0.1) is 17.5 Å². The van der Waals surface area contributed by atoms with E-state index in [9.17, 15) is 13.2 Å². The van der Waals surface area contributed by atoms with Crippen LogP contribution in [0.4, 0.5) is 0 Å². The molecule has 2 aromatic rings. The molecule has 27 heavy (non-hydrogen) atoms. The van der Waals surface area contributed by atoms with Crippen molar-refractivity contribution in [3.8, 4) is 0 Å². The van der Waals surface area contributed by atoms with Crippen molar-refractivity contribution >= 4 is 28.3 Å². The number of benzene rings is 1. The van der Waals surface area contributed by atoms with Gasteiger partial charge < -0.3 is 10.6 Å². The van der Waals surface area contributed by atoms with Crippen molar-refractivity contribution in [1.82, 2.24) is 30.3 Å². The van der Waals surface area contributed by atoms with Crippen LogP contribution in [-0.4, -0.2) is 49.0 Å².